The summed E-state index contributed by atoms with van der Waals surface area (Å²) in [6, 6.07) is 11.0. The highest BCUT2D eigenvalue weighted by Crippen LogP contribution is 2.19. The van der Waals surface area contributed by atoms with Gasteiger partial charge in [-0.25, -0.2) is 0 Å². The van der Waals surface area contributed by atoms with Crippen LogP contribution in [0.1, 0.15) is 22.8 Å². The summed E-state index contributed by atoms with van der Waals surface area (Å²) in [6.45, 7) is 2.72. The molecule has 2 amide bonds. The zero-order chi connectivity index (χ0) is 17.4. The molecule has 0 saturated heterocycles. The molecule has 1 N–H and O–H groups in total. The number of nitrogens with one attached hydrogen (secondary N) is 1. The lowest BCUT2D eigenvalue weighted by molar-refractivity contribution is -0.129. The lowest BCUT2D eigenvalue weighted by atomic mass is 10.2. The average Bonchev–Trinajstić information content (AvgIpc) is 2.61. The molecule has 0 aliphatic rings. The Morgan fingerprint density at radius 1 is 1.21 bits per heavy atom. The number of para-hydroxylation sites is 1. The summed E-state index contributed by atoms with van der Waals surface area (Å²) in [5, 5.41) is 2.79. The fourth-order valence-electron chi connectivity index (χ4n) is 2.29. The third-order valence-corrected chi connectivity index (χ3v) is 3.59. The summed E-state index contributed by atoms with van der Waals surface area (Å²) in [4.78, 5) is 29.4. The largest absolute Gasteiger partial charge is 0.496 e. The highest BCUT2D eigenvalue weighted by atomic mass is 16.5. The van der Waals surface area contributed by atoms with Gasteiger partial charge in [-0.15, -0.1) is 0 Å². The second-order valence-corrected chi connectivity index (χ2v) is 5.25. The van der Waals surface area contributed by atoms with Crippen molar-refractivity contribution in [2.45, 2.75) is 13.5 Å². The number of nitrogens with zero attached hydrogens (tertiary/aromatic N) is 2. The van der Waals surface area contributed by atoms with Crippen molar-refractivity contribution in [1.82, 2.24) is 15.2 Å². The first-order valence-electron chi connectivity index (χ1n) is 7.67. The first-order chi connectivity index (χ1) is 11.6. The van der Waals surface area contributed by atoms with Gasteiger partial charge in [-0.05, 0) is 18.2 Å². The Morgan fingerprint density at radius 3 is 2.67 bits per heavy atom. The molecule has 1 aromatic carbocycles. The predicted molar refractivity (Wildman–Crippen MR) is 90.7 cm³/mol. The van der Waals surface area contributed by atoms with Crippen molar-refractivity contribution in [3.05, 3.63) is 59.9 Å². The van der Waals surface area contributed by atoms with E-state index < -0.39 is 0 Å². The second-order valence-electron chi connectivity index (χ2n) is 5.25. The fraction of sp³-hybridized carbons (Fsp3) is 0.278. The number of carbonyl (C=O) groups is 2. The number of ether oxygens (including phenoxy) is 1. The van der Waals surface area contributed by atoms with Gasteiger partial charge < -0.3 is 15.0 Å². The second kappa shape index (κ2) is 8.67. The molecule has 0 aliphatic heterocycles. The number of aromatic nitrogens is 1. The maximum atomic E-state index is 12.0. The molecule has 0 radical (unpaired) electrons. The number of hydrogen-bond donors (Lipinski definition) is 1. The molecule has 0 atom stereocenters. The highest BCUT2D eigenvalue weighted by Gasteiger charge is 2.13. The van der Waals surface area contributed by atoms with Crippen molar-refractivity contribution >= 4 is 11.8 Å². The summed E-state index contributed by atoms with van der Waals surface area (Å²) in [5.74, 6) is 0.476. The summed E-state index contributed by atoms with van der Waals surface area (Å²) < 4.78 is 5.31. The van der Waals surface area contributed by atoms with Gasteiger partial charge in [0.25, 0.3) is 5.91 Å². The molecule has 0 saturated carbocycles. The zero-order valence-electron chi connectivity index (χ0n) is 13.9. The van der Waals surface area contributed by atoms with Crippen LogP contribution in [0.5, 0.6) is 5.75 Å². The topological polar surface area (TPSA) is 71.5 Å². The molecule has 6 heteroatoms. The number of rotatable bonds is 7. The van der Waals surface area contributed by atoms with E-state index in [0.717, 1.165) is 11.3 Å². The van der Waals surface area contributed by atoms with Crippen molar-refractivity contribution in [1.29, 1.82) is 0 Å². The van der Waals surface area contributed by atoms with Crippen molar-refractivity contribution in [2.24, 2.45) is 0 Å². The van der Waals surface area contributed by atoms with Gasteiger partial charge in [0, 0.05) is 44.5 Å². The molecule has 24 heavy (non-hydrogen) atoms. The van der Waals surface area contributed by atoms with Crippen LogP contribution in [-0.4, -0.2) is 41.9 Å². The molecule has 6 nitrogen and oxygen atoms in total. The molecule has 0 spiro atoms. The third kappa shape index (κ3) is 4.81. The van der Waals surface area contributed by atoms with Gasteiger partial charge in [-0.2, -0.15) is 0 Å². The van der Waals surface area contributed by atoms with Crippen LogP contribution < -0.4 is 10.1 Å². The predicted octanol–water partition coefficient (Wildman–Crippen LogP) is 1.87. The lowest BCUT2D eigenvalue weighted by Gasteiger charge is -2.22. The first kappa shape index (κ1) is 17.5. The smallest absolute Gasteiger partial charge is 0.252 e. The van der Waals surface area contributed by atoms with E-state index in [4.69, 9.17) is 4.74 Å². The summed E-state index contributed by atoms with van der Waals surface area (Å²) >= 11 is 0. The lowest BCUT2D eigenvalue weighted by Crippen LogP contribution is -2.37. The maximum Gasteiger partial charge on any atom is 0.252 e. The fourth-order valence-corrected chi connectivity index (χ4v) is 2.29. The Morgan fingerprint density at radius 2 is 2.00 bits per heavy atom. The number of carbonyl (C=O) groups excluding carboxylic acids is 2. The Labute approximate surface area is 141 Å². The minimum absolute atomic E-state index is 0.0588. The van der Waals surface area contributed by atoms with Gasteiger partial charge in [-0.1, -0.05) is 18.2 Å². The molecule has 0 fully saturated rings. The molecule has 0 unspecified atom stereocenters. The first-order valence-corrected chi connectivity index (χ1v) is 7.67. The molecular weight excluding hydrogens is 306 g/mol. The molecular formula is C18H21N3O3. The number of benzene rings is 1. The van der Waals surface area contributed by atoms with Gasteiger partial charge in [0.1, 0.15) is 5.75 Å². The Hall–Kier alpha value is -2.89. The van der Waals surface area contributed by atoms with Crippen LogP contribution in [-0.2, 0) is 11.3 Å². The molecule has 1 aromatic heterocycles. The number of pyridine rings is 1. The van der Waals surface area contributed by atoms with Crippen LogP contribution in [0, 0.1) is 0 Å². The van der Waals surface area contributed by atoms with Crippen LogP contribution in [0.4, 0.5) is 0 Å². The van der Waals surface area contributed by atoms with Gasteiger partial charge in [-0.3, -0.25) is 14.6 Å². The molecule has 2 aromatic rings. The Balaban J connectivity index is 1.92. The molecule has 0 bridgehead atoms. The summed E-state index contributed by atoms with van der Waals surface area (Å²) in [5.41, 5.74) is 1.42. The van der Waals surface area contributed by atoms with E-state index in [9.17, 15) is 9.59 Å². The minimum atomic E-state index is -0.205. The van der Waals surface area contributed by atoms with Crippen LogP contribution in [0.2, 0.25) is 0 Å². The van der Waals surface area contributed by atoms with Crippen molar-refractivity contribution < 1.29 is 14.3 Å². The quantitative estimate of drug-likeness (QED) is 0.843. The van der Waals surface area contributed by atoms with E-state index in [1.54, 1.807) is 30.3 Å². The van der Waals surface area contributed by atoms with E-state index in [-0.39, 0.29) is 11.8 Å². The standard InChI is InChI=1S/C18H21N3O3/c1-14(22)21(13-16-6-3-4-8-17(16)24-2)11-10-20-18(23)15-7-5-9-19-12-15/h3-9,12H,10-11,13H2,1-2H3,(H,20,23). The highest BCUT2D eigenvalue weighted by molar-refractivity contribution is 5.93. The van der Waals surface area contributed by atoms with Gasteiger partial charge >= 0.3 is 0 Å². The third-order valence-electron chi connectivity index (χ3n) is 3.59. The number of methoxy groups -OCH3 is 1. The Bertz CT molecular complexity index is 689. The number of hydrogen-bond acceptors (Lipinski definition) is 4. The number of amides is 2. The van der Waals surface area contributed by atoms with Crippen molar-refractivity contribution in [2.75, 3.05) is 20.2 Å². The zero-order valence-corrected chi connectivity index (χ0v) is 13.9. The molecule has 126 valence electrons. The van der Waals surface area contributed by atoms with Crippen LogP contribution in [0.3, 0.4) is 0 Å². The summed E-state index contributed by atoms with van der Waals surface area (Å²) in [6.07, 6.45) is 3.12. The molecule has 1 heterocycles. The molecule has 0 aliphatic carbocycles. The normalized spacial score (nSPS) is 10.1. The maximum absolute atomic E-state index is 12.0. The van der Waals surface area contributed by atoms with Gasteiger partial charge in [0.2, 0.25) is 5.91 Å². The van der Waals surface area contributed by atoms with Crippen molar-refractivity contribution in [3.8, 4) is 5.75 Å². The van der Waals surface area contributed by atoms with E-state index >= 15 is 0 Å². The average molecular weight is 327 g/mol. The van der Waals surface area contributed by atoms with E-state index in [2.05, 4.69) is 10.3 Å². The minimum Gasteiger partial charge on any atom is -0.496 e. The van der Waals surface area contributed by atoms with E-state index in [0.29, 0.717) is 25.2 Å². The van der Waals surface area contributed by atoms with Crippen LogP contribution >= 0.6 is 0 Å². The monoisotopic (exact) mass is 327 g/mol. The van der Waals surface area contributed by atoms with E-state index in [1.165, 1.54) is 13.1 Å². The van der Waals surface area contributed by atoms with Gasteiger partial charge in [0.05, 0.1) is 12.7 Å². The van der Waals surface area contributed by atoms with Crippen LogP contribution in [0.25, 0.3) is 0 Å². The Kier molecular flexibility index (Phi) is 6.31. The van der Waals surface area contributed by atoms with Crippen LogP contribution in [0.15, 0.2) is 48.8 Å². The van der Waals surface area contributed by atoms with Gasteiger partial charge in [0.15, 0.2) is 0 Å². The van der Waals surface area contributed by atoms with E-state index in [1.807, 2.05) is 24.3 Å². The molecule has 2 rings (SSSR count). The SMILES string of the molecule is COc1ccccc1CN(CCNC(=O)c1cccnc1)C(C)=O. The van der Waals surface area contributed by atoms with Crippen molar-refractivity contribution in [3.63, 3.8) is 0 Å². The summed E-state index contributed by atoms with van der Waals surface area (Å²) in [7, 11) is 1.60.